The maximum atomic E-state index is 12.2. The number of hydrogen-bond donors (Lipinski definition) is 1. The van der Waals surface area contributed by atoms with Crippen LogP contribution in [0.25, 0.3) is 0 Å². The summed E-state index contributed by atoms with van der Waals surface area (Å²) in [6.45, 7) is 7.24. The van der Waals surface area contributed by atoms with Crippen molar-refractivity contribution in [2.75, 3.05) is 0 Å². The van der Waals surface area contributed by atoms with Gasteiger partial charge in [0.2, 0.25) is 0 Å². The number of esters is 1. The van der Waals surface area contributed by atoms with Crippen LogP contribution in [0.1, 0.15) is 78.6 Å². The Morgan fingerprint density at radius 3 is 2.71 bits per heavy atom. The first-order valence-electron chi connectivity index (χ1n) is 11.6. The summed E-state index contributed by atoms with van der Waals surface area (Å²) in [6.07, 6.45) is 11.6. The number of oxime groups is 1. The third-order valence-electron chi connectivity index (χ3n) is 9.72. The molecule has 0 radical (unpaired) electrons. The van der Waals surface area contributed by atoms with Gasteiger partial charge >= 0.3 is 5.97 Å². The van der Waals surface area contributed by atoms with Gasteiger partial charge in [-0.2, -0.15) is 0 Å². The van der Waals surface area contributed by atoms with Crippen LogP contribution in [-0.2, 0) is 9.53 Å². The van der Waals surface area contributed by atoms with Crippen molar-refractivity contribution in [1.82, 2.24) is 0 Å². The maximum absolute atomic E-state index is 12.2. The van der Waals surface area contributed by atoms with Crippen molar-refractivity contribution in [3.8, 4) is 0 Å². The normalized spacial score (nSPS) is 51.5. The lowest BCUT2D eigenvalue weighted by Gasteiger charge is -2.59. The summed E-state index contributed by atoms with van der Waals surface area (Å²) in [5.74, 6) is 4.13. The van der Waals surface area contributed by atoms with E-state index in [4.69, 9.17) is 4.74 Å². The molecule has 154 valence electrons. The number of ether oxygens (including phenoxy) is 1. The Labute approximate surface area is 168 Å². The largest absolute Gasteiger partial charge is 0.458 e. The Hall–Kier alpha value is -1.32. The summed E-state index contributed by atoms with van der Waals surface area (Å²) < 4.78 is 6.20. The molecule has 4 nitrogen and oxygen atoms in total. The van der Waals surface area contributed by atoms with Gasteiger partial charge in [0.05, 0.1) is 5.71 Å². The maximum Gasteiger partial charge on any atom is 0.306 e. The van der Waals surface area contributed by atoms with Gasteiger partial charge < -0.3 is 9.94 Å². The van der Waals surface area contributed by atoms with Crippen LogP contribution in [-0.4, -0.2) is 22.5 Å². The van der Waals surface area contributed by atoms with Gasteiger partial charge in [-0.1, -0.05) is 31.5 Å². The molecule has 28 heavy (non-hydrogen) atoms. The van der Waals surface area contributed by atoms with Gasteiger partial charge in [-0.05, 0) is 93.0 Å². The summed E-state index contributed by atoms with van der Waals surface area (Å²) in [7, 11) is 0. The Morgan fingerprint density at radius 2 is 2.04 bits per heavy atom. The Morgan fingerprint density at radius 1 is 1.21 bits per heavy atom. The lowest BCUT2D eigenvalue weighted by atomic mass is 9.46. The number of rotatable bonds is 1. The molecule has 4 unspecified atom stereocenters. The molecule has 0 bridgehead atoms. The standard InChI is InChI=1S/C24H35NO3/c1-4-23-9-7-19-18-6-5-17(25-27)12-16(18)11-14(2)21(19)22(23)15(3)13-24(23)10-8-20(26)28-24/h12,14-15,18-19,21-22,27H,4-11,13H2,1-3H3/b25-17+/t14-,15-,18-,19?,21?,22?,23-,24?/m0/s1. The van der Waals surface area contributed by atoms with E-state index in [-0.39, 0.29) is 17.0 Å². The molecule has 8 atom stereocenters. The van der Waals surface area contributed by atoms with Crippen molar-refractivity contribution < 1.29 is 14.7 Å². The van der Waals surface area contributed by atoms with Gasteiger partial charge in [0, 0.05) is 11.8 Å². The van der Waals surface area contributed by atoms with Crippen LogP contribution in [0, 0.1) is 40.9 Å². The molecule has 0 aromatic rings. The highest BCUT2D eigenvalue weighted by molar-refractivity contribution is 5.96. The number of fused-ring (bicyclic) bond motifs is 6. The fourth-order valence-corrected chi connectivity index (χ4v) is 8.99. The highest BCUT2D eigenvalue weighted by atomic mass is 16.6. The minimum atomic E-state index is -0.187. The van der Waals surface area contributed by atoms with E-state index in [9.17, 15) is 10.0 Å². The summed E-state index contributed by atoms with van der Waals surface area (Å²) >= 11 is 0. The van der Waals surface area contributed by atoms with Crippen molar-refractivity contribution in [3.05, 3.63) is 11.6 Å². The third-order valence-corrected chi connectivity index (χ3v) is 9.72. The molecule has 0 amide bonds. The van der Waals surface area contributed by atoms with Gasteiger partial charge in [-0.15, -0.1) is 0 Å². The molecule has 1 aliphatic heterocycles. The van der Waals surface area contributed by atoms with Crippen LogP contribution >= 0.6 is 0 Å². The van der Waals surface area contributed by atoms with Crippen molar-refractivity contribution in [3.63, 3.8) is 0 Å². The molecule has 5 rings (SSSR count). The quantitative estimate of drug-likeness (QED) is 0.376. The monoisotopic (exact) mass is 385 g/mol. The molecule has 1 N–H and O–H groups in total. The summed E-state index contributed by atoms with van der Waals surface area (Å²) in [6, 6.07) is 0. The zero-order chi connectivity index (χ0) is 19.7. The minimum Gasteiger partial charge on any atom is -0.458 e. The molecule has 1 spiro atoms. The van der Waals surface area contributed by atoms with E-state index in [0.717, 1.165) is 56.1 Å². The third kappa shape index (κ3) is 2.29. The molecular formula is C24H35NO3. The lowest BCUT2D eigenvalue weighted by Crippen LogP contribution is -2.56. The molecule has 0 aromatic heterocycles. The molecule has 0 aromatic carbocycles. The summed E-state index contributed by atoms with van der Waals surface area (Å²) in [5, 5.41) is 12.7. The number of allylic oxidation sites excluding steroid dienone is 2. The number of hydrogen-bond acceptors (Lipinski definition) is 4. The second-order valence-electron chi connectivity index (χ2n) is 10.6. The van der Waals surface area contributed by atoms with Crippen LogP contribution in [0.4, 0.5) is 0 Å². The van der Waals surface area contributed by atoms with Crippen LogP contribution in [0.15, 0.2) is 16.8 Å². The fraction of sp³-hybridized carbons (Fsp3) is 0.833. The Kier molecular flexibility index (Phi) is 4.23. The first kappa shape index (κ1) is 18.7. The van der Waals surface area contributed by atoms with Crippen LogP contribution in [0.5, 0.6) is 0 Å². The smallest absolute Gasteiger partial charge is 0.306 e. The second-order valence-corrected chi connectivity index (χ2v) is 10.6. The summed E-state index contributed by atoms with van der Waals surface area (Å²) in [4.78, 5) is 12.2. The first-order chi connectivity index (χ1) is 13.4. The topological polar surface area (TPSA) is 58.9 Å². The summed E-state index contributed by atoms with van der Waals surface area (Å²) in [5.41, 5.74) is 2.39. The lowest BCUT2D eigenvalue weighted by molar-refractivity contribution is -0.172. The van der Waals surface area contributed by atoms with Crippen molar-refractivity contribution >= 4 is 11.7 Å². The molecule has 1 heterocycles. The number of carbonyl (C=O) groups is 1. The SMILES string of the molecule is CC[C@]12CCC3C(C1[C@@H](C)CC21CCC(=O)O1)[C@@H](C)CC1=C/C(=N/O)CC[C@@H]13. The second kappa shape index (κ2) is 6.34. The van der Waals surface area contributed by atoms with Crippen molar-refractivity contribution in [1.29, 1.82) is 0 Å². The van der Waals surface area contributed by atoms with Gasteiger partial charge in [0.1, 0.15) is 5.60 Å². The zero-order valence-corrected chi connectivity index (χ0v) is 17.6. The van der Waals surface area contributed by atoms with Crippen molar-refractivity contribution in [2.24, 2.45) is 46.1 Å². The van der Waals surface area contributed by atoms with E-state index in [1.807, 2.05) is 0 Å². The Balaban J connectivity index is 1.53. The van der Waals surface area contributed by atoms with Crippen LogP contribution in [0.2, 0.25) is 0 Å². The van der Waals surface area contributed by atoms with E-state index in [0.29, 0.717) is 30.1 Å². The predicted octanol–water partition coefficient (Wildman–Crippen LogP) is 5.35. The zero-order valence-electron chi connectivity index (χ0n) is 17.6. The average Bonchev–Trinajstić information content (AvgIpc) is 3.18. The van der Waals surface area contributed by atoms with Gasteiger partial charge in [-0.25, -0.2) is 0 Å². The molecule has 4 aliphatic carbocycles. The molecule has 4 heteroatoms. The first-order valence-corrected chi connectivity index (χ1v) is 11.6. The fourth-order valence-electron chi connectivity index (χ4n) is 8.99. The molecule has 1 saturated heterocycles. The van der Waals surface area contributed by atoms with E-state index >= 15 is 0 Å². The van der Waals surface area contributed by atoms with Crippen LogP contribution in [0.3, 0.4) is 0 Å². The van der Waals surface area contributed by atoms with E-state index < -0.39 is 0 Å². The number of nitrogens with zero attached hydrogens (tertiary/aromatic N) is 1. The minimum absolute atomic E-state index is 0.0350. The molecule has 4 fully saturated rings. The molecule has 3 saturated carbocycles. The highest BCUT2D eigenvalue weighted by Crippen LogP contribution is 2.71. The van der Waals surface area contributed by atoms with Gasteiger partial charge in [-0.3, -0.25) is 4.79 Å². The molecule has 5 aliphatic rings. The Bertz CT molecular complexity index is 742. The number of carbonyl (C=O) groups excluding carboxylic acids is 1. The van der Waals surface area contributed by atoms with Crippen molar-refractivity contribution in [2.45, 2.75) is 84.2 Å². The van der Waals surface area contributed by atoms with Gasteiger partial charge in [0.25, 0.3) is 0 Å². The molecular weight excluding hydrogens is 350 g/mol. The van der Waals surface area contributed by atoms with Crippen LogP contribution < -0.4 is 0 Å². The van der Waals surface area contributed by atoms with E-state index in [1.165, 1.54) is 18.4 Å². The van der Waals surface area contributed by atoms with Gasteiger partial charge in [0.15, 0.2) is 0 Å². The van der Waals surface area contributed by atoms with E-state index in [1.54, 1.807) is 0 Å². The highest BCUT2D eigenvalue weighted by Gasteiger charge is 2.70. The average molecular weight is 386 g/mol. The predicted molar refractivity (Wildman–Crippen MR) is 108 cm³/mol. The van der Waals surface area contributed by atoms with E-state index in [2.05, 4.69) is 32.0 Å².